The van der Waals surface area contributed by atoms with Gasteiger partial charge < -0.3 is 78.5 Å². The number of nitrogens with one attached hydrogen (secondary N) is 1. The molecule has 2 aliphatic heterocycles. The number of amides is 2. The van der Waals surface area contributed by atoms with Crippen molar-refractivity contribution < 1.29 is 49.3 Å². The predicted octanol–water partition coefficient (Wildman–Crippen LogP) is -6.59. The number of carbonyl (C=O) groups is 1. The number of ether oxygens (including phenoxy) is 4. The summed E-state index contributed by atoms with van der Waals surface area (Å²) in [5, 5.41) is 53.6. The molecule has 14 unspecified atom stereocenters. The van der Waals surface area contributed by atoms with Gasteiger partial charge >= 0.3 is 6.03 Å². The van der Waals surface area contributed by atoms with Crippen LogP contribution in [0.25, 0.3) is 0 Å². The van der Waals surface area contributed by atoms with Gasteiger partial charge in [-0.2, -0.15) is 0 Å². The van der Waals surface area contributed by atoms with Crippen LogP contribution < -0.4 is 34.0 Å². The van der Waals surface area contributed by atoms with Crippen molar-refractivity contribution in [1.29, 1.82) is 0 Å². The van der Waals surface area contributed by atoms with Crippen molar-refractivity contribution in [2.75, 3.05) is 13.2 Å². The summed E-state index contributed by atoms with van der Waals surface area (Å²) in [6, 6.07) is -4.52. The fourth-order valence-electron chi connectivity index (χ4n) is 4.71. The highest BCUT2D eigenvalue weighted by atomic mass is 16.7. The minimum absolute atomic E-state index is 0.0256. The smallest absolute Gasteiger partial charge is 0.312 e. The molecule has 0 bridgehead atoms. The lowest BCUT2D eigenvalue weighted by molar-refractivity contribution is -0.315. The van der Waals surface area contributed by atoms with Crippen molar-refractivity contribution in [2.24, 2.45) is 28.7 Å². The molecule has 0 aromatic heterocycles. The Morgan fingerprint density at radius 3 is 2.00 bits per heavy atom. The molecule has 3 fully saturated rings. The molecule has 2 amide bonds. The van der Waals surface area contributed by atoms with Gasteiger partial charge in [-0.3, -0.25) is 0 Å². The fourth-order valence-corrected chi connectivity index (χ4v) is 4.71. The zero-order chi connectivity index (χ0) is 26.0. The maximum absolute atomic E-state index is 11.4. The molecule has 204 valence electrons. The normalized spacial score (nSPS) is 48.9. The minimum atomic E-state index is -1.49. The number of nitrogens with two attached hydrogens (primary N) is 5. The van der Waals surface area contributed by atoms with E-state index >= 15 is 0 Å². The van der Waals surface area contributed by atoms with Crippen molar-refractivity contribution in [2.45, 2.75) is 98.4 Å². The third-order valence-corrected chi connectivity index (χ3v) is 6.70. The highest BCUT2D eigenvalue weighted by Crippen LogP contribution is 2.31. The van der Waals surface area contributed by atoms with Crippen LogP contribution in [-0.2, 0) is 18.9 Å². The molecule has 2 saturated heterocycles. The first-order chi connectivity index (χ1) is 16.5. The van der Waals surface area contributed by atoms with Crippen LogP contribution in [0.5, 0.6) is 0 Å². The van der Waals surface area contributed by atoms with Crippen LogP contribution in [0, 0.1) is 0 Å². The summed E-state index contributed by atoms with van der Waals surface area (Å²) < 4.78 is 22.8. The zero-order valence-electron chi connectivity index (χ0n) is 19.1. The van der Waals surface area contributed by atoms with Gasteiger partial charge in [0.1, 0.15) is 36.6 Å². The molecule has 0 aromatic carbocycles. The lowest BCUT2D eigenvalue weighted by Gasteiger charge is -2.48. The first-order valence-electron chi connectivity index (χ1n) is 11.5. The standard InChI is InChI=1S/C19H38N6O10/c20-3-9-8(27)2-7(25-19(24)31)17(32-9)34-15-5(21)1-6(22)16(14(15)30)35-18-13(29)11(23)12(28)10(4-26)33-18/h5-18,26-30H,1-4,20-23H2,(H3,24,25,31). The molecule has 0 aromatic rings. The topological polar surface area (TPSA) is 297 Å². The minimum Gasteiger partial charge on any atom is -0.394 e. The van der Waals surface area contributed by atoms with E-state index in [1.54, 1.807) is 0 Å². The second-order valence-electron chi connectivity index (χ2n) is 9.24. The first kappa shape index (κ1) is 28.3. The summed E-state index contributed by atoms with van der Waals surface area (Å²) in [5.41, 5.74) is 29.0. The zero-order valence-corrected chi connectivity index (χ0v) is 19.1. The molecule has 16 heteroatoms. The second-order valence-corrected chi connectivity index (χ2v) is 9.24. The number of primary amides is 1. The summed E-state index contributed by atoms with van der Waals surface area (Å²) in [7, 11) is 0. The van der Waals surface area contributed by atoms with E-state index in [0.29, 0.717) is 0 Å². The third-order valence-electron chi connectivity index (χ3n) is 6.70. The Hall–Kier alpha value is -1.25. The quantitative estimate of drug-likeness (QED) is 0.152. The fraction of sp³-hybridized carbons (Fsp3) is 0.947. The lowest BCUT2D eigenvalue weighted by Crippen LogP contribution is -2.68. The maximum Gasteiger partial charge on any atom is 0.312 e. The van der Waals surface area contributed by atoms with E-state index in [1.807, 2.05) is 0 Å². The molecule has 1 saturated carbocycles. The largest absolute Gasteiger partial charge is 0.394 e. The van der Waals surface area contributed by atoms with Crippen LogP contribution in [-0.4, -0.2) is 130 Å². The number of rotatable bonds is 7. The van der Waals surface area contributed by atoms with Gasteiger partial charge in [0, 0.05) is 25.0 Å². The molecule has 2 heterocycles. The van der Waals surface area contributed by atoms with Crippen molar-refractivity contribution in [3.05, 3.63) is 0 Å². The van der Waals surface area contributed by atoms with Crippen LogP contribution >= 0.6 is 0 Å². The Labute approximate surface area is 201 Å². The molecule has 16 nitrogen and oxygen atoms in total. The Balaban J connectivity index is 1.75. The van der Waals surface area contributed by atoms with E-state index in [9.17, 15) is 30.3 Å². The molecule has 3 aliphatic rings. The number of carbonyl (C=O) groups excluding carboxylic acids is 1. The summed E-state index contributed by atoms with van der Waals surface area (Å²) in [4.78, 5) is 11.4. The van der Waals surface area contributed by atoms with Crippen LogP contribution in [0.3, 0.4) is 0 Å². The van der Waals surface area contributed by atoms with Gasteiger partial charge in [-0.15, -0.1) is 0 Å². The first-order valence-corrected chi connectivity index (χ1v) is 11.5. The Morgan fingerprint density at radius 1 is 0.886 bits per heavy atom. The van der Waals surface area contributed by atoms with Crippen LogP contribution in [0.1, 0.15) is 12.8 Å². The number of urea groups is 1. The highest BCUT2D eigenvalue weighted by molar-refractivity contribution is 5.72. The van der Waals surface area contributed by atoms with Gasteiger partial charge in [-0.1, -0.05) is 0 Å². The summed E-state index contributed by atoms with van der Waals surface area (Å²) in [5.74, 6) is 0. The van der Waals surface area contributed by atoms with Gasteiger partial charge in [-0.25, -0.2) is 4.79 Å². The maximum atomic E-state index is 11.4. The van der Waals surface area contributed by atoms with Crippen LogP contribution in [0.2, 0.25) is 0 Å². The number of aliphatic hydroxyl groups is 5. The van der Waals surface area contributed by atoms with Gasteiger partial charge in [0.25, 0.3) is 0 Å². The second kappa shape index (κ2) is 11.9. The van der Waals surface area contributed by atoms with Gasteiger partial charge in [0.2, 0.25) is 0 Å². The molecule has 0 radical (unpaired) electrons. The molecule has 0 spiro atoms. The van der Waals surface area contributed by atoms with Crippen molar-refractivity contribution in [1.82, 2.24) is 5.32 Å². The average molecular weight is 511 g/mol. The number of aliphatic hydroxyl groups excluding tert-OH is 5. The SMILES string of the molecule is NCC1OC(OC2C(N)CC(N)C(OC3OC(CO)C(O)C(N)C3O)C2O)C(NC(N)=O)CC1O. The molecule has 1 aliphatic carbocycles. The Bertz CT molecular complexity index is 709. The van der Waals surface area contributed by atoms with Crippen molar-refractivity contribution >= 4 is 6.03 Å². The van der Waals surface area contributed by atoms with Gasteiger partial charge in [0.15, 0.2) is 12.6 Å². The predicted molar refractivity (Wildman–Crippen MR) is 117 cm³/mol. The Kier molecular flexibility index (Phi) is 9.60. The van der Waals surface area contributed by atoms with Crippen molar-refractivity contribution in [3.63, 3.8) is 0 Å². The van der Waals surface area contributed by atoms with E-state index in [1.165, 1.54) is 0 Å². The van der Waals surface area contributed by atoms with Gasteiger partial charge in [0.05, 0.1) is 30.9 Å². The number of hydrogen-bond acceptors (Lipinski definition) is 14. The summed E-state index contributed by atoms with van der Waals surface area (Å²) in [6.07, 6.45) is -11.9. The van der Waals surface area contributed by atoms with E-state index in [0.717, 1.165) is 0 Å². The molecule has 35 heavy (non-hydrogen) atoms. The molecule has 16 N–H and O–H groups in total. The van der Waals surface area contributed by atoms with E-state index in [4.69, 9.17) is 47.6 Å². The van der Waals surface area contributed by atoms with Crippen LogP contribution in [0.4, 0.5) is 4.79 Å². The monoisotopic (exact) mass is 510 g/mol. The van der Waals surface area contributed by atoms with Crippen molar-refractivity contribution in [3.8, 4) is 0 Å². The summed E-state index contributed by atoms with van der Waals surface area (Å²) >= 11 is 0. The lowest BCUT2D eigenvalue weighted by atomic mass is 9.84. The van der Waals surface area contributed by atoms with E-state index in [-0.39, 0.29) is 19.4 Å². The Morgan fingerprint density at radius 2 is 1.46 bits per heavy atom. The molecular formula is C19H38N6O10. The van der Waals surface area contributed by atoms with E-state index < -0.39 is 98.2 Å². The molecular weight excluding hydrogens is 472 g/mol. The molecule has 3 rings (SSSR count). The number of hydrogen-bond donors (Lipinski definition) is 11. The average Bonchev–Trinajstić information content (AvgIpc) is 2.80. The van der Waals surface area contributed by atoms with Gasteiger partial charge in [-0.05, 0) is 6.42 Å². The van der Waals surface area contributed by atoms with Crippen LogP contribution in [0.15, 0.2) is 0 Å². The summed E-state index contributed by atoms with van der Waals surface area (Å²) in [6.45, 7) is -0.617. The van der Waals surface area contributed by atoms with E-state index in [2.05, 4.69) is 5.32 Å². The third kappa shape index (κ3) is 6.19. The highest BCUT2D eigenvalue weighted by Gasteiger charge is 2.50. The molecule has 14 atom stereocenters.